The Labute approximate surface area is 89.5 Å². The van der Waals surface area contributed by atoms with E-state index in [1.54, 1.807) is 22.7 Å². The van der Waals surface area contributed by atoms with Gasteiger partial charge in [-0.05, 0) is 18.4 Å². The number of aromatic nitrogens is 2. The van der Waals surface area contributed by atoms with Crippen LogP contribution >= 0.6 is 22.7 Å². The number of rotatable bonds is 1. The molecular formula is C10H8N2S2. The summed E-state index contributed by atoms with van der Waals surface area (Å²) in [6, 6.07) is 4.18. The molecule has 0 atom stereocenters. The Morgan fingerprint density at radius 3 is 2.93 bits per heavy atom. The van der Waals surface area contributed by atoms with E-state index in [2.05, 4.69) is 45.4 Å². The molecule has 3 aromatic rings. The van der Waals surface area contributed by atoms with Crippen LogP contribution in [0.15, 0.2) is 29.1 Å². The molecule has 0 bridgehead atoms. The number of fused-ring (bicyclic) bond motifs is 1. The lowest BCUT2D eigenvalue weighted by Crippen LogP contribution is -1.81. The zero-order valence-electron chi connectivity index (χ0n) is 7.60. The van der Waals surface area contributed by atoms with Crippen molar-refractivity contribution in [3.05, 3.63) is 34.8 Å². The quantitative estimate of drug-likeness (QED) is 0.614. The van der Waals surface area contributed by atoms with Gasteiger partial charge in [0.25, 0.3) is 0 Å². The number of imidazole rings is 1. The summed E-state index contributed by atoms with van der Waals surface area (Å²) in [6.07, 6.45) is 2.07. The van der Waals surface area contributed by atoms with Crippen molar-refractivity contribution in [2.24, 2.45) is 0 Å². The predicted octanol–water partition coefficient (Wildman–Crippen LogP) is 3.43. The van der Waals surface area contributed by atoms with Gasteiger partial charge in [-0.25, -0.2) is 4.98 Å². The van der Waals surface area contributed by atoms with E-state index in [1.807, 2.05) is 0 Å². The molecule has 0 aliphatic carbocycles. The summed E-state index contributed by atoms with van der Waals surface area (Å²) in [7, 11) is 0. The molecule has 0 fully saturated rings. The van der Waals surface area contributed by atoms with Crippen LogP contribution in [0, 0.1) is 6.92 Å². The van der Waals surface area contributed by atoms with Crippen molar-refractivity contribution < 1.29 is 0 Å². The smallest absolute Gasteiger partial charge is 0.194 e. The minimum atomic E-state index is 1.07. The first-order valence-corrected chi connectivity index (χ1v) is 6.08. The van der Waals surface area contributed by atoms with Gasteiger partial charge in [-0.1, -0.05) is 6.07 Å². The fourth-order valence-electron chi connectivity index (χ4n) is 1.55. The number of nitrogens with zero attached hydrogens (tertiary/aromatic N) is 2. The first-order valence-electron chi connectivity index (χ1n) is 4.32. The molecule has 0 amide bonds. The molecule has 14 heavy (non-hydrogen) atoms. The zero-order valence-corrected chi connectivity index (χ0v) is 9.23. The fourth-order valence-corrected chi connectivity index (χ4v) is 3.07. The van der Waals surface area contributed by atoms with Gasteiger partial charge in [0.2, 0.25) is 0 Å². The van der Waals surface area contributed by atoms with Crippen LogP contribution < -0.4 is 0 Å². The second-order valence-corrected chi connectivity index (χ2v) is 4.90. The van der Waals surface area contributed by atoms with Crippen LogP contribution in [0.4, 0.5) is 0 Å². The second kappa shape index (κ2) is 2.93. The maximum absolute atomic E-state index is 4.61. The van der Waals surface area contributed by atoms with Gasteiger partial charge < -0.3 is 0 Å². The minimum Gasteiger partial charge on any atom is -0.294 e. The largest absolute Gasteiger partial charge is 0.294 e. The van der Waals surface area contributed by atoms with Crippen molar-refractivity contribution in [3.8, 4) is 10.6 Å². The summed E-state index contributed by atoms with van der Waals surface area (Å²) in [4.78, 5) is 6.93. The molecule has 3 aromatic heterocycles. The van der Waals surface area contributed by atoms with Crippen molar-refractivity contribution in [2.45, 2.75) is 6.92 Å². The van der Waals surface area contributed by atoms with Gasteiger partial charge in [0.15, 0.2) is 4.96 Å². The molecule has 70 valence electrons. The molecule has 0 aliphatic heterocycles. The van der Waals surface area contributed by atoms with Crippen LogP contribution in [0.25, 0.3) is 15.5 Å². The van der Waals surface area contributed by atoms with E-state index in [0.29, 0.717) is 0 Å². The van der Waals surface area contributed by atoms with E-state index in [0.717, 1.165) is 10.7 Å². The third-order valence-corrected chi connectivity index (χ3v) is 3.89. The third kappa shape index (κ3) is 1.04. The summed E-state index contributed by atoms with van der Waals surface area (Å²) < 4.78 is 2.14. The van der Waals surface area contributed by atoms with Crippen LogP contribution in [0.2, 0.25) is 0 Å². The average Bonchev–Trinajstić information content (AvgIpc) is 2.84. The molecule has 4 heteroatoms. The van der Waals surface area contributed by atoms with E-state index >= 15 is 0 Å². The highest BCUT2D eigenvalue weighted by Gasteiger charge is 2.10. The summed E-state index contributed by atoms with van der Waals surface area (Å²) in [5.41, 5.74) is 2.34. The highest BCUT2D eigenvalue weighted by atomic mass is 32.1. The molecule has 0 saturated heterocycles. The van der Waals surface area contributed by atoms with Crippen molar-refractivity contribution in [1.29, 1.82) is 0 Å². The molecule has 0 aliphatic rings. The SMILES string of the molecule is Cc1c(-c2cccs2)nc2sccn12. The monoisotopic (exact) mass is 220 g/mol. The number of thiophene rings is 1. The maximum atomic E-state index is 4.61. The van der Waals surface area contributed by atoms with Crippen LogP contribution in [0.3, 0.4) is 0 Å². The van der Waals surface area contributed by atoms with Crippen LogP contribution in [0.5, 0.6) is 0 Å². The fraction of sp³-hybridized carbons (Fsp3) is 0.100. The third-order valence-electron chi connectivity index (χ3n) is 2.26. The van der Waals surface area contributed by atoms with Crippen molar-refractivity contribution in [2.75, 3.05) is 0 Å². The minimum absolute atomic E-state index is 1.07. The Morgan fingerprint density at radius 1 is 1.29 bits per heavy atom. The van der Waals surface area contributed by atoms with E-state index in [1.165, 1.54) is 10.6 Å². The molecule has 0 saturated carbocycles. The first-order chi connectivity index (χ1) is 6.86. The van der Waals surface area contributed by atoms with Gasteiger partial charge in [0.1, 0.15) is 5.69 Å². The van der Waals surface area contributed by atoms with Gasteiger partial charge in [0.05, 0.1) is 4.88 Å². The van der Waals surface area contributed by atoms with E-state index < -0.39 is 0 Å². The molecule has 0 radical (unpaired) electrons. The standard InChI is InChI=1S/C10H8N2S2/c1-7-9(8-3-2-5-13-8)11-10-12(7)4-6-14-10/h2-6H,1H3. The number of thiazole rings is 1. The van der Waals surface area contributed by atoms with Crippen LogP contribution in [-0.4, -0.2) is 9.38 Å². The van der Waals surface area contributed by atoms with Crippen LogP contribution in [-0.2, 0) is 0 Å². The summed E-state index contributed by atoms with van der Waals surface area (Å²) in [6.45, 7) is 2.11. The molecule has 0 N–H and O–H groups in total. The Kier molecular flexibility index (Phi) is 1.72. The van der Waals surface area contributed by atoms with Crippen molar-refractivity contribution in [3.63, 3.8) is 0 Å². The van der Waals surface area contributed by atoms with Crippen molar-refractivity contribution >= 4 is 27.6 Å². The molecule has 0 aromatic carbocycles. The van der Waals surface area contributed by atoms with Gasteiger partial charge in [-0.15, -0.1) is 22.7 Å². The lowest BCUT2D eigenvalue weighted by atomic mass is 10.3. The van der Waals surface area contributed by atoms with Crippen LogP contribution in [0.1, 0.15) is 5.69 Å². The normalized spacial score (nSPS) is 11.2. The Balaban J connectivity index is 2.32. The Bertz CT molecular complexity index is 560. The lowest BCUT2D eigenvalue weighted by Gasteiger charge is -1.92. The number of hydrogen-bond donors (Lipinski definition) is 0. The summed E-state index contributed by atoms with van der Waals surface area (Å²) in [5, 5.41) is 4.15. The topological polar surface area (TPSA) is 17.3 Å². The molecule has 3 rings (SSSR count). The van der Waals surface area contributed by atoms with Gasteiger partial charge >= 0.3 is 0 Å². The van der Waals surface area contributed by atoms with E-state index in [4.69, 9.17) is 0 Å². The first kappa shape index (κ1) is 8.20. The van der Waals surface area contributed by atoms with E-state index in [9.17, 15) is 0 Å². The zero-order chi connectivity index (χ0) is 9.54. The summed E-state index contributed by atoms with van der Waals surface area (Å²) >= 11 is 3.41. The average molecular weight is 220 g/mol. The molecule has 0 unspecified atom stereocenters. The highest BCUT2D eigenvalue weighted by molar-refractivity contribution is 7.15. The molecule has 2 nitrogen and oxygen atoms in total. The van der Waals surface area contributed by atoms with Gasteiger partial charge in [-0.2, -0.15) is 0 Å². The molecule has 0 spiro atoms. The lowest BCUT2D eigenvalue weighted by molar-refractivity contribution is 1.14. The number of aryl methyl sites for hydroxylation is 1. The van der Waals surface area contributed by atoms with Gasteiger partial charge in [-0.3, -0.25) is 4.40 Å². The van der Waals surface area contributed by atoms with Gasteiger partial charge in [0, 0.05) is 17.3 Å². The van der Waals surface area contributed by atoms with Crippen molar-refractivity contribution in [1.82, 2.24) is 9.38 Å². The maximum Gasteiger partial charge on any atom is 0.194 e. The Hall–Kier alpha value is -1.13. The van der Waals surface area contributed by atoms with E-state index in [-0.39, 0.29) is 0 Å². The molecular weight excluding hydrogens is 212 g/mol. The number of hydrogen-bond acceptors (Lipinski definition) is 3. The molecule has 3 heterocycles. The highest BCUT2D eigenvalue weighted by Crippen LogP contribution is 2.28. The second-order valence-electron chi connectivity index (χ2n) is 3.08. The predicted molar refractivity (Wildman–Crippen MR) is 61.1 cm³/mol. The summed E-state index contributed by atoms with van der Waals surface area (Å²) in [5.74, 6) is 0. The Morgan fingerprint density at radius 2 is 2.21 bits per heavy atom.